The molecule has 0 N–H and O–H groups in total. The molecule has 1 heteroatoms. The molecule has 0 saturated carbocycles. The van der Waals surface area contributed by atoms with Gasteiger partial charge in [0.2, 0.25) is 0 Å². The van der Waals surface area contributed by atoms with E-state index in [-0.39, 0.29) is 0 Å². The highest BCUT2D eigenvalue weighted by molar-refractivity contribution is 6.37. The Kier molecular flexibility index (Phi) is 4.11. The number of hydrogen-bond donors (Lipinski definition) is 0. The minimum Gasteiger partial charge on any atom is -0.455 e. The molecule has 39 heavy (non-hydrogen) atoms. The van der Waals surface area contributed by atoms with Gasteiger partial charge in [0, 0.05) is 21.5 Å². The third-order valence-corrected chi connectivity index (χ3v) is 8.41. The smallest absolute Gasteiger partial charge is 0.143 e. The largest absolute Gasteiger partial charge is 0.455 e. The van der Waals surface area contributed by atoms with E-state index in [2.05, 4.69) is 127 Å². The molecule has 0 amide bonds. The Hall–Kier alpha value is -5.14. The van der Waals surface area contributed by atoms with Gasteiger partial charge < -0.3 is 4.42 Å². The number of para-hydroxylation sites is 1. The van der Waals surface area contributed by atoms with Crippen LogP contribution < -0.4 is 0 Å². The van der Waals surface area contributed by atoms with Gasteiger partial charge in [0.05, 0.1) is 0 Å². The Labute approximate surface area is 224 Å². The molecule has 0 aliphatic carbocycles. The van der Waals surface area contributed by atoms with E-state index in [0.29, 0.717) is 0 Å². The van der Waals surface area contributed by atoms with Gasteiger partial charge in [-0.2, -0.15) is 0 Å². The maximum absolute atomic E-state index is 6.51. The Morgan fingerprint density at radius 3 is 1.87 bits per heavy atom. The van der Waals surface area contributed by atoms with Crippen molar-refractivity contribution >= 4 is 65.0 Å². The maximum atomic E-state index is 6.51. The van der Waals surface area contributed by atoms with Crippen LogP contribution in [0.1, 0.15) is 0 Å². The highest BCUT2D eigenvalue weighted by Crippen LogP contribution is 2.47. The quantitative estimate of drug-likeness (QED) is 0.218. The Balaban J connectivity index is 1.32. The van der Waals surface area contributed by atoms with Crippen LogP contribution in [0.5, 0.6) is 0 Å². The molecule has 1 nitrogen and oxygen atoms in total. The molecule has 9 rings (SSSR count). The molecule has 1 aromatic heterocycles. The molecule has 0 spiro atoms. The lowest BCUT2D eigenvalue weighted by atomic mass is 9.87. The fraction of sp³-hybridized carbons (Fsp3) is 0. The highest BCUT2D eigenvalue weighted by Gasteiger charge is 2.20. The molecule has 0 atom stereocenters. The zero-order chi connectivity index (χ0) is 25.5. The number of furan rings is 1. The summed E-state index contributed by atoms with van der Waals surface area (Å²) >= 11 is 0. The Morgan fingerprint density at radius 1 is 0.359 bits per heavy atom. The van der Waals surface area contributed by atoms with E-state index in [1.807, 2.05) is 6.07 Å². The van der Waals surface area contributed by atoms with Crippen molar-refractivity contribution in [1.29, 1.82) is 0 Å². The van der Waals surface area contributed by atoms with E-state index < -0.39 is 0 Å². The highest BCUT2D eigenvalue weighted by atomic mass is 16.3. The summed E-state index contributed by atoms with van der Waals surface area (Å²) in [4.78, 5) is 0. The maximum Gasteiger partial charge on any atom is 0.143 e. The van der Waals surface area contributed by atoms with Crippen molar-refractivity contribution in [3.63, 3.8) is 0 Å². The molecule has 8 aromatic carbocycles. The van der Waals surface area contributed by atoms with Crippen LogP contribution in [0.15, 0.2) is 138 Å². The van der Waals surface area contributed by atoms with Crippen LogP contribution in [0.25, 0.3) is 87.3 Å². The van der Waals surface area contributed by atoms with Crippen LogP contribution in [0.3, 0.4) is 0 Å². The van der Waals surface area contributed by atoms with Crippen LogP contribution >= 0.6 is 0 Å². The monoisotopic (exact) mass is 494 g/mol. The molecular weight excluding hydrogens is 472 g/mol. The van der Waals surface area contributed by atoms with Crippen LogP contribution in [0.4, 0.5) is 0 Å². The normalized spacial score (nSPS) is 12.1. The zero-order valence-electron chi connectivity index (χ0n) is 21.1. The summed E-state index contributed by atoms with van der Waals surface area (Å²) in [5.74, 6) is 0. The second kappa shape index (κ2) is 7.69. The summed E-state index contributed by atoms with van der Waals surface area (Å²) in [6.45, 7) is 0. The lowest BCUT2D eigenvalue weighted by Crippen LogP contribution is -1.89. The number of fused-ring (bicyclic) bond motifs is 6. The summed E-state index contributed by atoms with van der Waals surface area (Å²) < 4.78 is 6.51. The standard InChI is InChI=1S/C38H22O/c1-2-11-27-23(8-1)9-5-13-28(27)24-18-20-25(21-19-24)33-22-26-10-6-15-31-35(26)36-29(33)14-7-16-32(36)38-37(31)30-12-3-4-17-34(30)39-38/h1-22H. The molecule has 1 heterocycles. The fourth-order valence-electron chi connectivity index (χ4n) is 6.69. The molecule has 0 fully saturated rings. The van der Waals surface area contributed by atoms with Crippen molar-refractivity contribution in [2.75, 3.05) is 0 Å². The zero-order valence-corrected chi connectivity index (χ0v) is 21.1. The van der Waals surface area contributed by atoms with Crippen LogP contribution in [-0.2, 0) is 0 Å². The van der Waals surface area contributed by atoms with E-state index in [4.69, 9.17) is 4.42 Å². The average Bonchev–Trinajstić information content (AvgIpc) is 3.40. The number of hydrogen-bond acceptors (Lipinski definition) is 1. The third kappa shape index (κ3) is 2.85. The van der Waals surface area contributed by atoms with Crippen molar-refractivity contribution in [3.05, 3.63) is 133 Å². The predicted octanol–water partition coefficient (Wildman–Crippen LogP) is 11.0. The van der Waals surface area contributed by atoms with Gasteiger partial charge in [-0.1, -0.05) is 121 Å². The third-order valence-electron chi connectivity index (χ3n) is 8.41. The van der Waals surface area contributed by atoms with Crippen molar-refractivity contribution < 1.29 is 4.42 Å². The van der Waals surface area contributed by atoms with Gasteiger partial charge in [0.1, 0.15) is 11.2 Å². The minimum atomic E-state index is 0.938. The van der Waals surface area contributed by atoms with Crippen molar-refractivity contribution in [2.24, 2.45) is 0 Å². The van der Waals surface area contributed by atoms with Gasteiger partial charge in [-0.05, 0) is 66.7 Å². The molecule has 180 valence electrons. The van der Waals surface area contributed by atoms with Gasteiger partial charge in [-0.15, -0.1) is 0 Å². The topological polar surface area (TPSA) is 13.1 Å². The van der Waals surface area contributed by atoms with Crippen LogP contribution in [-0.4, -0.2) is 0 Å². The summed E-state index contributed by atoms with van der Waals surface area (Å²) in [5.41, 5.74) is 6.89. The predicted molar refractivity (Wildman–Crippen MR) is 166 cm³/mol. The van der Waals surface area contributed by atoms with Crippen LogP contribution in [0, 0.1) is 0 Å². The second-order valence-electron chi connectivity index (χ2n) is 10.5. The molecule has 0 unspecified atom stereocenters. The number of benzene rings is 8. The van der Waals surface area contributed by atoms with Gasteiger partial charge >= 0.3 is 0 Å². The molecule has 0 aliphatic heterocycles. The van der Waals surface area contributed by atoms with Crippen LogP contribution in [0.2, 0.25) is 0 Å². The lowest BCUT2D eigenvalue weighted by Gasteiger charge is -2.16. The molecule has 0 saturated heterocycles. The first-order valence-electron chi connectivity index (χ1n) is 13.4. The number of rotatable bonds is 2. The molecule has 0 radical (unpaired) electrons. The molecule has 9 aromatic rings. The van der Waals surface area contributed by atoms with Crippen molar-refractivity contribution in [1.82, 2.24) is 0 Å². The summed E-state index contributed by atoms with van der Waals surface area (Å²) in [6, 6.07) is 48.3. The first-order chi connectivity index (χ1) is 19.3. The van der Waals surface area contributed by atoms with Gasteiger partial charge in [-0.3, -0.25) is 0 Å². The van der Waals surface area contributed by atoms with E-state index in [0.717, 1.165) is 11.2 Å². The van der Waals surface area contributed by atoms with Crippen molar-refractivity contribution in [2.45, 2.75) is 0 Å². The first kappa shape index (κ1) is 20.9. The SMILES string of the molecule is c1ccc2c(-c3ccc(-c4cc5cccc6c7c8ccccc8oc7c7cccc4c7c56)cc3)cccc2c1. The Morgan fingerprint density at radius 2 is 0.974 bits per heavy atom. The summed E-state index contributed by atoms with van der Waals surface area (Å²) in [5, 5.41) is 12.5. The minimum absolute atomic E-state index is 0.938. The van der Waals surface area contributed by atoms with E-state index in [1.54, 1.807) is 0 Å². The Bertz CT molecular complexity index is 2370. The van der Waals surface area contributed by atoms with Gasteiger partial charge in [0.15, 0.2) is 0 Å². The van der Waals surface area contributed by atoms with E-state index >= 15 is 0 Å². The fourth-order valence-corrected chi connectivity index (χ4v) is 6.69. The van der Waals surface area contributed by atoms with Gasteiger partial charge in [-0.25, -0.2) is 0 Å². The van der Waals surface area contributed by atoms with E-state index in [1.165, 1.54) is 76.1 Å². The average molecular weight is 495 g/mol. The molecule has 0 aliphatic rings. The molecule has 0 bridgehead atoms. The van der Waals surface area contributed by atoms with E-state index in [9.17, 15) is 0 Å². The second-order valence-corrected chi connectivity index (χ2v) is 10.5. The van der Waals surface area contributed by atoms with Crippen molar-refractivity contribution in [3.8, 4) is 22.3 Å². The van der Waals surface area contributed by atoms with Gasteiger partial charge in [0.25, 0.3) is 0 Å². The summed E-state index contributed by atoms with van der Waals surface area (Å²) in [6.07, 6.45) is 0. The summed E-state index contributed by atoms with van der Waals surface area (Å²) in [7, 11) is 0. The molecular formula is C38H22O. The lowest BCUT2D eigenvalue weighted by molar-refractivity contribution is 0.673. The first-order valence-corrected chi connectivity index (χ1v) is 13.4.